The Morgan fingerprint density at radius 1 is 0.932 bits per heavy atom. The van der Waals surface area contributed by atoms with Crippen LogP contribution in [0.1, 0.15) is 39.0 Å². The van der Waals surface area contributed by atoms with Crippen molar-refractivity contribution in [1.82, 2.24) is 20.9 Å². The number of carbonyl (C=O) groups excluding carboxylic acids is 5. The Morgan fingerprint density at radius 2 is 1.59 bits per heavy atom. The molecular weight excluding hydrogens is 600 g/mol. The molecule has 18 nitrogen and oxygen atoms in total. The van der Waals surface area contributed by atoms with E-state index in [-0.39, 0.29) is 44.4 Å². The van der Waals surface area contributed by atoms with E-state index in [0.29, 0.717) is 43.8 Å². The minimum atomic E-state index is -1.72. The van der Waals surface area contributed by atoms with Gasteiger partial charge in [0.2, 0.25) is 17.7 Å². The van der Waals surface area contributed by atoms with Crippen LogP contribution in [-0.4, -0.2) is 128 Å². The normalized spacial score (nSPS) is 14.4. The zero-order valence-electron chi connectivity index (χ0n) is 25.2. The first-order chi connectivity index (χ1) is 20.8. The molecule has 0 rings (SSSR count). The average molecular weight is 651 g/mol. The first-order valence-corrected chi connectivity index (χ1v) is 14.9. The zero-order valence-corrected chi connectivity index (χ0v) is 26.1. The Kier molecular flexibility index (Phi) is 21.7. The number of carbonyl (C=O) groups is 5. The summed E-state index contributed by atoms with van der Waals surface area (Å²) in [5.74, 6) is -5.05. The number of aliphatic hydroxyl groups is 1. The maximum atomic E-state index is 13.7. The first-order valence-electron chi connectivity index (χ1n) is 14.3. The second kappa shape index (κ2) is 23.3. The fraction of sp³-hybridized carbons (Fsp3) is 0.760. The van der Waals surface area contributed by atoms with E-state index >= 15 is 0 Å². The highest BCUT2D eigenvalue weighted by atomic mass is 32.1. The molecule has 0 bridgehead atoms. The Bertz CT molecular complexity index is 929. The van der Waals surface area contributed by atoms with Gasteiger partial charge in [-0.25, -0.2) is 0 Å². The maximum Gasteiger partial charge on any atom is 0.255 e. The van der Waals surface area contributed by atoms with Crippen molar-refractivity contribution < 1.29 is 38.6 Å². The number of guanidine groups is 1. The molecule has 0 radical (unpaired) electrons. The van der Waals surface area contributed by atoms with Crippen LogP contribution < -0.4 is 44.6 Å². The van der Waals surface area contributed by atoms with E-state index in [1.54, 1.807) is 0 Å². The van der Waals surface area contributed by atoms with E-state index in [0.717, 1.165) is 0 Å². The number of thiol groups is 1. The fourth-order valence-corrected chi connectivity index (χ4v) is 4.06. The van der Waals surface area contributed by atoms with Crippen molar-refractivity contribution in [2.45, 2.75) is 69.3 Å². The average Bonchev–Trinajstić information content (AvgIpc) is 2.96. The second-order valence-electron chi connectivity index (χ2n) is 9.82. The molecule has 0 fully saturated rings. The van der Waals surface area contributed by atoms with Crippen LogP contribution in [0.4, 0.5) is 0 Å². The van der Waals surface area contributed by atoms with Gasteiger partial charge in [-0.1, -0.05) is 0 Å². The molecule has 0 aromatic carbocycles. The summed E-state index contributed by atoms with van der Waals surface area (Å²) in [5.41, 5.74) is 27.6. The van der Waals surface area contributed by atoms with Crippen molar-refractivity contribution in [2.75, 3.05) is 51.8 Å². The lowest BCUT2D eigenvalue weighted by Crippen LogP contribution is -2.63. The third kappa shape index (κ3) is 16.1. The molecule has 5 atom stereocenters. The molecule has 0 aliphatic heterocycles. The summed E-state index contributed by atoms with van der Waals surface area (Å²) < 4.78 is 10.5. The summed E-state index contributed by atoms with van der Waals surface area (Å²) in [5, 5.41) is 24.9. The van der Waals surface area contributed by atoms with Gasteiger partial charge in [0.1, 0.15) is 24.7 Å². The third-order valence-electron chi connectivity index (χ3n) is 6.14. The number of amides is 5. The van der Waals surface area contributed by atoms with Gasteiger partial charge in [0, 0.05) is 18.8 Å². The number of hydrogen-bond acceptors (Lipinski definition) is 13. The lowest BCUT2D eigenvalue weighted by Gasteiger charge is -2.33. The summed E-state index contributed by atoms with van der Waals surface area (Å²) in [6.45, 7) is 1.85. The molecule has 0 heterocycles. The number of nitrogens with one attached hydrogen (secondary N) is 4. The number of unbranched alkanes of at least 4 members (excludes halogenated alkanes) is 1. The van der Waals surface area contributed by atoms with E-state index in [1.165, 1.54) is 6.92 Å². The third-order valence-corrected chi connectivity index (χ3v) is 6.51. The predicted octanol–water partition coefficient (Wildman–Crippen LogP) is -4.81. The van der Waals surface area contributed by atoms with Crippen molar-refractivity contribution in [1.29, 1.82) is 5.41 Å². The number of nitrogens with zero attached hydrogens (tertiary/aromatic N) is 1. The summed E-state index contributed by atoms with van der Waals surface area (Å²) in [6, 6.07) is -5.43. The highest BCUT2D eigenvalue weighted by Crippen LogP contribution is 2.14. The van der Waals surface area contributed by atoms with Crippen LogP contribution in [0.2, 0.25) is 0 Å². The molecule has 0 aromatic heterocycles. The number of primary amides is 1. The van der Waals surface area contributed by atoms with Crippen molar-refractivity contribution >= 4 is 48.1 Å². The molecule has 19 heteroatoms. The molecule has 0 saturated heterocycles. The van der Waals surface area contributed by atoms with Gasteiger partial charge >= 0.3 is 0 Å². The standard InChI is InChI=1S/C25H50N10O8S/c1-15(36)20(34-23(40)17(14-44)33-22(39)16(28)5-4-9-32-25(30)31)24(41)35(18(21(29)38)6-2-3-7-26)19(37)13-43-12-11-42-10-8-27/h15-18,20,36,44H,2-14,26-28H2,1H3,(H2,29,38)(H,33,39)(H,34,40)(H4,30,31,32)/t15-,16+,17+,18+,20+/m1/s1. The SMILES string of the molecule is C[C@@H](O)[C@H](NC(=O)[C@H](CS)NC(=O)[C@@H](N)CCCNC(=N)N)C(=O)N(C(=O)COCCOCCN)[C@@H](CCCCN)C(N)=O. The molecule has 44 heavy (non-hydrogen) atoms. The van der Waals surface area contributed by atoms with Gasteiger partial charge in [0.15, 0.2) is 5.96 Å². The number of hydrogen-bond donors (Lipinski definition) is 11. The van der Waals surface area contributed by atoms with Gasteiger partial charge in [-0.3, -0.25) is 34.3 Å². The van der Waals surface area contributed by atoms with Crippen LogP contribution in [0.3, 0.4) is 0 Å². The lowest BCUT2D eigenvalue weighted by molar-refractivity contribution is -0.157. The number of imide groups is 1. The molecule has 0 aliphatic carbocycles. The van der Waals surface area contributed by atoms with Gasteiger partial charge in [0.25, 0.3) is 11.8 Å². The highest BCUT2D eigenvalue weighted by Gasteiger charge is 2.40. The van der Waals surface area contributed by atoms with E-state index in [9.17, 15) is 29.1 Å². The summed E-state index contributed by atoms with van der Waals surface area (Å²) in [7, 11) is 0. The number of aliphatic hydroxyl groups excluding tert-OH is 1. The molecule has 15 N–H and O–H groups in total. The van der Waals surface area contributed by atoms with Crippen LogP contribution in [0.25, 0.3) is 0 Å². The number of nitrogens with two attached hydrogens (primary N) is 5. The minimum Gasteiger partial charge on any atom is -0.391 e. The van der Waals surface area contributed by atoms with Gasteiger partial charge in [0.05, 0.1) is 32.0 Å². The molecule has 254 valence electrons. The second-order valence-corrected chi connectivity index (χ2v) is 10.2. The van der Waals surface area contributed by atoms with E-state index in [2.05, 4.69) is 28.6 Å². The van der Waals surface area contributed by atoms with Crippen molar-refractivity contribution in [3.05, 3.63) is 0 Å². The van der Waals surface area contributed by atoms with E-state index in [4.69, 9.17) is 43.6 Å². The summed E-state index contributed by atoms with van der Waals surface area (Å²) in [4.78, 5) is 65.6. The molecular formula is C25H50N10O8S. The first kappa shape index (κ1) is 40.9. The van der Waals surface area contributed by atoms with Crippen molar-refractivity contribution in [3.63, 3.8) is 0 Å². The van der Waals surface area contributed by atoms with Crippen molar-refractivity contribution in [3.8, 4) is 0 Å². The Labute approximate surface area is 262 Å². The van der Waals surface area contributed by atoms with Crippen LogP contribution >= 0.6 is 12.6 Å². The quantitative estimate of drug-likeness (QED) is 0.0202. The Balaban J connectivity index is 5.78. The summed E-state index contributed by atoms with van der Waals surface area (Å²) in [6.07, 6.45) is -0.121. The van der Waals surface area contributed by atoms with Gasteiger partial charge < -0.3 is 59.2 Å². The monoisotopic (exact) mass is 650 g/mol. The van der Waals surface area contributed by atoms with E-state index in [1.807, 2.05) is 0 Å². The van der Waals surface area contributed by atoms with Crippen LogP contribution in [0.5, 0.6) is 0 Å². The Hall–Kier alpha value is -3.07. The van der Waals surface area contributed by atoms with Gasteiger partial charge in [-0.05, 0) is 45.6 Å². The number of ether oxygens (including phenoxy) is 2. The van der Waals surface area contributed by atoms with Crippen molar-refractivity contribution in [2.24, 2.45) is 28.7 Å². The predicted molar refractivity (Wildman–Crippen MR) is 165 cm³/mol. The molecule has 5 amide bonds. The zero-order chi connectivity index (χ0) is 33.7. The smallest absolute Gasteiger partial charge is 0.255 e. The maximum absolute atomic E-state index is 13.7. The number of rotatable bonds is 24. The Morgan fingerprint density at radius 3 is 2.14 bits per heavy atom. The summed E-state index contributed by atoms with van der Waals surface area (Å²) >= 11 is 4.10. The molecule has 0 spiro atoms. The lowest BCUT2D eigenvalue weighted by atomic mass is 10.0. The van der Waals surface area contributed by atoms with Crippen LogP contribution in [0, 0.1) is 5.41 Å². The topological polar surface area (TPSA) is 317 Å². The molecule has 0 aliphatic rings. The van der Waals surface area contributed by atoms with Gasteiger partial charge in [-0.2, -0.15) is 12.6 Å². The van der Waals surface area contributed by atoms with Crippen LogP contribution in [0.15, 0.2) is 0 Å². The molecule has 0 saturated carbocycles. The van der Waals surface area contributed by atoms with Crippen LogP contribution in [-0.2, 0) is 33.4 Å². The van der Waals surface area contributed by atoms with Gasteiger partial charge in [-0.15, -0.1) is 0 Å². The minimum absolute atomic E-state index is 0.0146. The van der Waals surface area contributed by atoms with E-state index < -0.39 is 66.4 Å². The largest absolute Gasteiger partial charge is 0.391 e. The molecule has 0 aromatic rings. The molecule has 0 unspecified atom stereocenters. The highest BCUT2D eigenvalue weighted by molar-refractivity contribution is 7.80. The fourth-order valence-electron chi connectivity index (χ4n) is 3.80.